The number of carbonyl (C=O) groups is 1. The highest BCUT2D eigenvalue weighted by molar-refractivity contribution is 7.92. The normalized spacial score (nSPS) is 13.8. The van der Waals surface area contributed by atoms with Gasteiger partial charge in [-0.15, -0.1) is 0 Å². The molecule has 1 aliphatic heterocycles. The summed E-state index contributed by atoms with van der Waals surface area (Å²) in [6, 6.07) is 11.3. The minimum Gasteiger partial charge on any atom is -0.450 e. The number of fused-ring (bicyclic) bond motifs is 1. The Morgan fingerprint density at radius 2 is 1.96 bits per heavy atom. The van der Waals surface area contributed by atoms with E-state index in [0.717, 1.165) is 18.4 Å². The third-order valence-corrected chi connectivity index (χ3v) is 6.16. The minimum absolute atomic E-state index is 0.179. The number of benzene rings is 2. The van der Waals surface area contributed by atoms with Crippen molar-refractivity contribution in [2.75, 3.05) is 22.8 Å². The summed E-state index contributed by atoms with van der Waals surface area (Å²) in [6.07, 6.45) is 0.932. The van der Waals surface area contributed by atoms with E-state index < -0.39 is 16.1 Å². The maximum absolute atomic E-state index is 13.1. The third kappa shape index (κ3) is 3.78. The van der Waals surface area contributed by atoms with Crippen LogP contribution in [-0.2, 0) is 21.2 Å². The van der Waals surface area contributed by atoms with Crippen LogP contribution >= 0.6 is 11.6 Å². The maximum atomic E-state index is 13.1. The van der Waals surface area contributed by atoms with Crippen molar-refractivity contribution in [3.05, 3.63) is 53.1 Å². The van der Waals surface area contributed by atoms with E-state index in [4.69, 9.17) is 16.3 Å². The highest BCUT2D eigenvalue weighted by atomic mass is 35.5. The van der Waals surface area contributed by atoms with Crippen molar-refractivity contribution in [2.45, 2.75) is 24.7 Å². The summed E-state index contributed by atoms with van der Waals surface area (Å²) < 4.78 is 32.4. The second-order valence-corrected chi connectivity index (χ2v) is 8.12. The predicted molar refractivity (Wildman–Crippen MR) is 101 cm³/mol. The van der Waals surface area contributed by atoms with Crippen molar-refractivity contribution in [1.82, 2.24) is 0 Å². The third-order valence-electron chi connectivity index (χ3n) is 4.08. The Morgan fingerprint density at radius 1 is 1.23 bits per heavy atom. The first-order valence-electron chi connectivity index (χ1n) is 8.27. The maximum Gasteiger partial charge on any atom is 0.411 e. The number of hydrogen-bond donors (Lipinski definition) is 1. The van der Waals surface area contributed by atoms with Gasteiger partial charge in [-0.2, -0.15) is 0 Å². The average molecular weight is 395 g/mol. The number of ether oxygens (including phenoxy) is 1. The summed E-state index contributed by atoms with van der Waals surface area (Å²) in [4.78, 5) is 11.8. The lowest BCUT2D eigenvalue weighted by atomic mass is 10.0. The number of amides is 1. The Balaban J connectivity index is 1.96. The summed E-state index contributed by atoms with van der Waals surface area (Å²) in [5, 5.41) is 3.09. The number of rotatable bonds is 4. The zero-order valence-corrected chi connectivity index (χ0v) is 15.8. The molecule has 0 spiro atoms. The number of sulfonamides is 1. The van der Waals surface area contributed by atoms with Crippen LogP contribution in [0.1, 0.15) is 18.9 Å². The van der Waals surface area contributed by atoms with Gasteiger partial charge in [0.15, 0.2) is 0 Å². The van der Waals surface area contributed by atoms with E-state index in [2.05, 4.69) is 5.32 Å². The lowest BCUT2D eigenvalue weighted by Crippen LogP contribution is -2.35. The second kappa shape index (κ2) is 7.55. The Hall–Kier alpha value is -2.25. The summed E-state index contributed by atoms with van der Waals surface area (Å²) in [6.45, 7) is 2.35. The molecule has 0 aromatic heterocycles. The van der Waals surface area contributed by atoms with Crippen molar-refractivity contribution < 1.29 is 17.9 Å². The van der Waals surface area contributed by atoms with Crippen LogP contribution in [0.15, 0.2) is 47.4 Å². The van der Waals surface area contributed by atoms with E-state index in [1.54, 1.807) is 31.2 Å². The van der Waals surface area contributed by atoms with Gasteiger partial charge in [-0.25, -0.2) is 13.2 Å². The zero-order chi connectivity index (χ0) is 18.7. The molecule has 1 aliphatic rings. The van der Waals surface area contributed by atoms with Gasteiger partial charge < -0.3 is 4.74 Å². The molecule has 0 bridgehead atoms. The molecule has 1 amide bonds. The molecule has 0 atom stereocenters. The van der Waals surface area contributed by atoms with Crippen LogP contribution in [0.25, 0.3) is 0 Å². The van der Waals surface area contributed by atoms with Gasteiger partial charge in [0.25, 0.3) is 10.0 Å². The summed E-state index contributed by atoms with van der Waals surface area (Å²) in [5.74, 6) is 0. The molecule has 2 aromatic carbocycles. The smallest absolute Gasteiger partial charge is 0.411 e. The summed E-state index contributed by atoms with van der Waals surface area (Å²) in [7, 11) is -3.72. The number of anilines is 2. The fraction of sp³-hybridized carbons (Fsp3) is 0.278. The van der Waals surface area contributed by atoms with Crippen LogP contribution in [0.5, 0.6) is 0 Å². The van der Waals surface area contributed by atoms with E-state index in [1.807, 2.05) is 6.07 Å². The monoisotopic (exact) mass is 394 g/mol. The van der Waals surface area contributed by atoms with Gasteiger partial charge in [-0.1, -0.05) is 17.7 Å². The van der Waals surface area contributed by atoms with Gasteiger partial charge >= 0.3 is 6.09 Å². The number of halogens is 1. The molecular weight excluding hydrogens is 376 g/mol. The van der Waals surface area contributed by atoms with E-state index >= 15 is 0 Å². The standard InChI is InChI=1S/C18H19ClN2O4S/c1-2-25-18(22)20-15-8-5-13-4-3-11-21(17(13)12-15)26(23,24)16-9-6-14(19)7-10-16/h5-10,12H,2-4,11H2,1H3,(H,20,22). The summed E-state index contributed by atoms with van der Waals surface area (Å²) >= 11 is 5.86. The molecule has 6 nitrogen and oxygen atoms in total. The van der Waals surface area contributed by atoms with Gasteiger partial charge in [0.2, 0.25) is 0 Å². The number of nitrogens with zero attached hydrogens (tertiary/aromatic N) is 1. The molecule has 0 saturated heterocycles. The van der Waals surface area contributed by atoms with Crippen LogP contribution in [0.3, 0.4) is 0 Å². The Bertz CT molecular complexity index is 913. The fourth-order valence-corrected chi connectivity index (χ4v) is 4.55. The van der Waals surface area contributed by atoms with Gasteiger partial charge in [0.05, 0.1) is 17.2 Å². The highest BCUT2D eigenvalue weighted by Gasteiger charge is 2.29. The van der Waals surface area contributed by atoms with Crippen molar-refractivity contribution >= 4 is 39.1 Å². The van der Waals surface area contributed by atoms with Gasteiger partial charge in [-0.3, -0.25) is 9.62 Å². The van der Waals surface area contributed by atoms with Gasteiger partial charge in [0.1, 0.15) is 0 Å². The molecular formula is C18H19ClN2O4S. The quantitative estimate of drug-likeness (QED) is 0.848. The fourth-order valence-electron chi connectivity index (χ4n) is 2.89. The highest BCUT2D eigenvalue weighted by Crippen LogP contribution is 2.34. The van der Waals surface area contributed by atoms with E-state index in [0.29, 0.717) is 22.9 Å². The van der Waals surface area contributed by atoms with Crippen molar-refractivity contribution in [2.24, 2.45) is 0 Å². The molecule has 0 radical (unpaired) electrons. The van der Waals surface area contributed by atoms with E-state index in [1.165, 1.54) is 16.4 Å². The first kappa shape index (κ1) is 18.5. The van der Waals surface area contributed by atoms with Crippen LogP contribution < -0.4 is 9.62 Å². The largest absolute Gasteiger partial charge is 0.450 e. The lowest BCUT2D eigenvalue weighted by Gasteiger charge is -2.31. The number of aryl methyl sites for hydroxylation is 1. The molecule has 1 N–H and O–H groups in total. The van der Waals surface area contributed by atoms with Gasteiger partial charge in [-0.05, 0) is 61.7 Å². The Morgan fingerprint density at radius 3 is 2.65 bits per heavy atom. The number of nitrogens with one attached hydrogen (secondary N) is 1. The second-order valence-electron chi connectivity index (χ2n) is 5.82. The Labute approximate surface area is 157 Å². The average Bonchev–Trinajstić information content (AvgIpc) is 2.61. The Kier molecular flexibility index (Phi) is 5.38. The zero-order valence-electron chi connectivity index (χ0n) is 14.2. The molecule has 0 fully saturated rings. The minimum atomic E-state index is -3.72. The molecule has 0 saturated carbocycles. The molecule has 26 heavy (non-hydrogen) atoms. The predicted octanol–water partition coefficient (Wildman–Crippen LogP) is 4.05. The molecule has 2 aromatic rings. The molecule has 8 heteroatoms. The molecule has 0 unspecified atom stereocenters. The molecule has 1 heterocycles. The van der Waals surface area contributed by atoms with Crippen LogP contribution in [0, 0.1) is 0 Å². The molecule has 3 rings (SSSR count). The lowest BCUT2D eigenvalue weighted by molar-refractivity contribution is 0.168. The van der Waals surface area contributed by atoms with Crippen LogP contribution in [-0.4, -0.2) is 27.7 Å². The first-order chi connectivity index (χ1) is 12.4. The molecule has 0 aliphatic carbocycles. The first-order valence-corrected chi connectivity index (χ1v) is 10.1. The van der Waals surface area contributed by atoms with Crippen molar-refractivity contribution in [3.63, 3.8) is 0 Å². The molecule has 138 valence electrons. The SMILES string of the molecule is CCOC(=O)Nc1ccc2c(c1)N(S(=O)(=O)c1ccc(Cl)cc1)CCC2. The summed E-state index contributed by atoms with van der Waals surface area (Å²) in [5.41, 5.74) is 1.98. The van der Waals surface area contributed by atoms with Crippen LogP contribution in [0.2, 0.25) is 5.02 Å². The topological polar surface area (TPSA) is 75.7 Å². The number of hydrogen-bond acceptors (Lipinski definition) is 4. The van der Waals surface area contributed by atoms with Crippen molar-refractivity contribution in [1.29, 1.82) is 0 Å². The van der Waals surface area contributed by atoms with Crippen molar-refractivity contribution in [3.8, 4) is 0 Å². The number of carbonyl (C=O) groups excluding carboxylic acids is 1. The van der Waals surface area contributed by atoms with Crippen LogP contribution in [0.4, 0.5) is 16.2 Å². The van der Waals surface area contributed by atoms with Gasteiger partial charge in [0, 0.05) is 17.3 Å². The van der Waals surface area contributed by atoms with E-state index in [9.17, 15) is 13.2 Å². The van der Waals surface area contributed by atoms with E-state index in [-0.39, 0.29) is 11.5 Å².